The van der Waals surface area contributed by atoms with Crippen LogP contribution in [0.2, 0.25) is 5.02 Å². The smallest absolute Gasteiger partial charge is 0.141 e. The van der Waals surface area contributed by atoms with Crippen LogP contribution in [0.5, 0.6) is 0 Å². The van der Waals surface area contributed by atoms with Gasteiger partial charge in [0.2, 0.25) is 0 Å². The second kappa shape index (κ2) is 3.50. The molecule has 2 rings (SSSR count). The molecular formula is C10H11ClFNO. The zero-order chi connectivity index (χ0) is 10.2. The van der Waals surface area contributed by atoms with Crippen molar-refractivity contribution in [3.8, 4) is 0 Å². The molecule has 1 aromatic rings. The number of rotatable bonds is 2. The summed E-state index contributed by atoms with van der Waals surface area (Å²) >= 11 is 5.63. The van der Waals surface area contributed by atoms with Crippen molar-refractivity contribution in [2.45, 2.75) is 12.0 Å². The van der Waals surface area contributed by atoms with Crippen molar-refractivity contribution in [1.29, 1.82) is 0 Å². The van der Waals surface area contributed by atoms with Gasteiger partial charge in [-0.3, -0.25) is 0 Å². The average Bonchev–Trinajstić information content (AvgIpc) is 2.09. The summed E-state index contributed by atoms with van der Waals surface area (Å²) in [6, 6.07) is 4.54. The van der Waals surface area contributed by atoms with Crippen molar-refractivity contribution in [3.63, 3.8) is 0 Å². The first-order valence-electron chi connectivity index (χ1n) is 4.46. The normalized spacial score (nSPS) is 19.1. The lowest BCUT2D eigenvalue weighted by Gasteiger charge is -2.37. The van der Waals surface area contributed by atoms with E-state index >= 15 is 0 Å². The van der Waals surface area contributed by atoms with E-state index in [9.17, 15) is 9.50 Å². The van der Waals surface area contributed by atoms with Crippen LogP contribution in [0.25, 0.3) is 0 Å². The molecule has 1 aliphatic rings. The highest BCUT2D eigenvalue weighted by atomic mass is 35.5. The van der Waals surface area contributed by atoms with Gasteiger partial charge in [-0.1, -0.05) is 17.7 Å². The van der Waals surface area contributed by atoms with Crippen LogP contribution in [0.4, 0.5) is 4.39 Å². The molecule has 0 radical (unpaired) electrons. The second-order valence-corrected chi connectivity index (χ2v) is 4.16. The zero-order valence-electron chi connectivity index (χ0n) is 7.56. The molecule has 0 atom stereocenters. The van der Waals surface area contributed by atoms with Crippen LogP contribution in [-0.4, -0.2) is 23.8 Å². The van der Waals surface area contributed by atoms with E-state index in [0.717, 1.165) is 5.56 Å². The molecule has 1 fully saturated rings. The fourth-order valence-electron chi connectivity index (χ4n) is 1.57. The quantitative estimate of drug-likeness (QED) is 0.781. The molecule has 1 heterocycles. The van der Waals surface area contributed by atoms with Gasteiger partial charge in [-0.15, -0.1) is 0 Å². The van der Waals surface area contributed by atoms with Gasteiger partial charge in [0, 0.05) is 19.5 Å². The van der Waals surface area contributed by atoms with Crippen LogP contribution in [0.3, 0.4) is 0 Å². The molecule has 1 aliphatic heterocycles. The molecule has 2 nitrogen and oxygen atoms in total. The Balaban J connectivity index is 2.13. The van der Waals surface area contributed by atoms with Gasteiger partial charge in [-0.2, -0.15) is 0 Å². The van der Waals surface area contributed by atoms with Gasteiger partial charge in [0.1, 0.15) is 5.82 Å². The molecule has 0 spiro atoms. The molecule has 0 saturated carbocycles. The number of hydrogen-bond donors (Lipinski definition) is 2. The summed E-state index contributed by atoms with van der Waals surface area (Å²) in [6.45, 7) is 1.17. The van der Waals surface area contributed by atoms with E-state index in [2.05, 4.69) is 5.32 Å². The first-order chi connectivity index (χ1) is 6.59. The molecule has 1 aromatic carbocycles. The van der Waals surface area contributed by atoms with E-state index in [0.29, 0.717) is 19.5 Å². The molecule has 1 saturated heterocycles. The molecule has 4 heteroatoms. The Morgan fingerprint density at radius 1 is 1.50 bits per heavy atom. The molecular weight excluding hydrogens is 205 g/mol. The van der Waals surface area contributed by atoms with E-state index in [1.54, 1.807) is 12.1 Å². The molecule has 0 bridgehead atoms. The summed E-state index contributed by atoms with van der Waals surface area (Å²) in [7, 11) is 0. The van der Waals surface area contributed by atoms with Crippen molar-refractivity contribution in [2.24, 2.45) is 0 Å². The molecule has 0 aliphatic carbocycles. The Kier molecular flexibility index (Phi) is 2.47. The largest absolute Gasteiger partial charge is 0.387 e. The minimum Gasteiger partial charge on any atom is -0.387 e. The predicted octanol–water partition coefficient (Wildman–Crippen LogP) is 1.36. The molecule has 2 N–H and O–H groups in total. The van der Waals surface area contributed by atoms with Crippen molar-refractivity contribution < 1.29 is 9.50 Å². The van der Waals surface area contributed by atoms with Gasteiger partial charge in [0.25, 0.3) is 0 Å². The first-order valence-corrected chi connectivity index (χ1v) is 4.84. The summed E-state index contributed by atoms with van der Waals surface area (Å²) in [6.07, 6.45) is 0.514. The van der Waals surface area contributed by atoms with Crippen molar-refractivity contribution in [2.75, 3.05) is 13.1 Å². The van der Waals surface area contributed by atoms with Gasteiger partial charge < -0.3 is 10.4 Å². The summed E-state index contributed by atoms with van der Waals surface area (Å²) in [5.74, 6) is -0.422. The number of β-amino-alcohol motifs (C(OH)–C–C–N with tert-alkyl or cyclic N) is 1. The number of hydrogen-bond acceptors (Lipinski definition) is 2. The number of halogens is 2. The third-order valence-corrected chi connectivity index (χ3v) is 2.71. The number of nitrogens with one attached hydrogen (secondary N) is 1. The number of aliphatic hydroxyl groups is 1. The highest BCUT2D eigenvalue weighted by Gasteiger charge is 2.34. The minimum atomic E-state index is -0.679. The lowest BCUT2D eigenvalue weighted by atomic mass is 9.89. The average molecular weight is 216 g/mol. The Bertz CT molecular complexity index is 352. The van der Waals surface area contributed by atoms with Crippen LogP contribution in [0.15, 0.2) is 18.2 Å². The van der Waals surface area contributed by atoms with Crippen LogP contribution in [-0.2, 0) is 6.42 Å². The highest BCUT2D eigenvalue weighted by molar-refractivity contribution is 6.30. The van der Waals surface area contributed by atoms with Gasteiger partial charge in [0.05, 0.1) is 10.6 Å². The topological polar surface area (TPSA) is 32.3 Å². The Morgan fingerprint density at radius 3 is 2.71 bits per heavy atom. The van der Waals surface area contributed by atoms with Crippen LogP contribution < -0.4 is 5.32 Å². The van der Waals surface area contributed by atoms with Gasteiger partial charge >= 0.3 is 0 Å². The zero-order valence-corrected chi connectivity index (χ0v) is 8.31. The second-order valence-electron chi connectivity index (χ2n) is 3.75. The van der Waals surface area contributed by atoms with Gasteiger partial charge in [0.15, 0.2) is 0 Å². The summed E-state index contributed by atoms with van der Waals surface area (Å²) < 4.78 is 12.8. The highest BCUT2D eigenvalue weighted by Crippen LogP contribution is 2.21. The maximum atomic E-state index is 12.8. The van der Waals surface area contributed by atoms with Crippen molar-refractivity contribution in [3.05, 3.63) is 34.6 Å². The number of benzene rings is 1. The fraction of sp³-hybridized carbons (Fsp3) is 0.400. The van der Waals surface area contributed by atoms with E-state index in [4.69, 9.17) is 11.6 Å². The Hall–Kier alpha value is -0.640. The minimum absolute atomic E-state index is 0.110. The molecule has 0 amide bonds. The fourth-order valence-corrected chi connectivity index (χ4v) is 1.77. The molecule has 0 aromatic heterocycles. The van der Waals surface area contributed by atoms with Crippen molar-refractivity contribution >= 4 is 11.6 Å². The van der Waals surface area contributed by atoms with Gasteiger partial charge in [-0.05, 0) is 17.7 Å². The first kappa shape index (κ1) is 9.90. The van der Waals surface area contributed by atoms with E-state index < -0.39 is 11.4 Å². The van der Waals surface area contributed by atoms with E-state index in [1.165, 1.54) is 6.07 Å². The Labute approximate surface area is 86.7 Å². The summed E-state index contributed by atoms with van der Waals surface area (Å²) in [5, 5.41) is 12.9. The third-order valence-electron chi connectivity index (χ3n) is 2.43. The third kappa shape index (κ3) is 1.90. The summed E-state index contributed by atoms with van der Waals surface area (Å²) in [4.78, 5) is 0. The van der Waals surface area contributed by atoms with Gasteiger partial charge in [-0.25, -0.2) is 4.39 Å². The van der Waals surface area contributed by atoms with Crippen LogP contribution >= 0.6 is 11.6 Å². The standard InChI is InChI=1S/C10H11ClFNO/c11-8-3-7(1-2-9(8)12)4-10(14)5-13-6-10/h1-3,13-14H,4-6H2. The summed E-state index contributed by atoms with van der Waals surface area (Å²) in [5.41, 5.74) is 0.182. The SMILES string of the molecule is OC1(Cc2ccc(F)c(Cl)c2)CNC1. The molecule has 76 valence electrons. The maximum Gasteiger partial charge on any atom is 0.141 e. The predicted molar refractivity (Wildman–Crippen MR) is 52.9 cm³/mol. The van der Waals surface area contributed by atoms with Crippen molar-refractivity contribution in [1.82, 2.24) is 5.32 Å². The van der Waals surface area contributed by atoms with Crippen LogP contribution in [0.1, 0.15) is 5.56 Å². The Morgan fingerprint density at radius 2 is 2.21 bits per heavy atom. The van der Waals surface area contributed by atoms with Crippen LogP contribution in [0, 0.1) is 5.82 Å². The van der Waals surface area contributed by atoms with E-state index in [1.807, 2.05) is 0 Å². The molecule has 0 unspecified atom stereocenters. The lowest BCUT2D eigenvalue weighted by molar-refractivity contribution is -0.00902. The van der Waals surface area contributed by atoms with E-state index in [-0.39, 0.29) is 5.02 Å². The molecule has 14 heavy (non-hydrogen) atoms. The monoisotopic (exact) mass is 215 g/mol. The maximum absolute atomic E-state index is 12.8. The lowest BCUT2D eigenvalue weighted by Crippen LogP contribution is -2.60.